The van der Waals surface area contributed by atoms with Crippen LogP contribution in [0.5, 0.6) is 17.2 Å². The Morgan fingerprint density at radius 1 is 0.840 bits per heavy atom. The third-order valence-corrected chi connectivity index (χ3v) is 24.1. The van der Waals surface area contributed by atoms with Crippen LogP contribution in [0.15, 0.2) is 35.1 Å². The van der Waals surface area contributed by atoms with Crippen LogP contribution in [0.3, 0.4) is 0 Å². The fraction of sp³-hybridized carbons (Fsp3) is 0.700. The molecule has 36 heteroatoms. The molecule has 4 saturated heterocycles. The molecule has 4 aliphatic heterocycles. The number of carbonyl (C=O) groups excluding carboxylic acids is 5. The molecule has 0 spiro atoms. The maximum Gasteiger partial charge on any atom is 0.411 e. The Morgan fingerprint density at radius 3 is 2.18 bits per heavy atom. The van der Waals surface area contributed by atoms with Gasteiger partial charge in [-0.3, -0.25) is 29.3 Å². The number of Topliss-reactive ketones (excluding diaryl/α,β-unsaturated/α-hetero) is 1. The molecule has 1 aromatic rings. The Balaban J connectivity index is 1.10. The van der Waals surface area contributed by atoms with Gasteiger partial charge in [0, 0.05) is 68.2 Å². The fourth-order valence-electron chi connectivity index (χ4n) is 12.6. The molecule has 0 saturated carbocycles. The summed E-state index contributed by atoms with van der Waals surface area (Å²) in [5, 5.41) is 71.9. The summed E-state index contributed by atoms with van der Waals surface area (Å²) in [6.07, 6.45) is -15.2. The van der Waals surface area contributed by atoms with Crippen molar-refractivity contribution in [3.8, 4) is 40.9 Å². The van der Waals surface area contributed by atoms with Crippen LogP contribution in [-0.4, -0.2) is 298 Å². The zero-order valence-corrected chi connectivity index (χ0v) is 66.1. The smallest absolute Gasteiger partial charge is 0.411 e. The molecule has 17 unspecified atom stereocenters. The first-order valence-electron chi connectivity index (χ1n) is 34.7. The van der Waals surface area contributed by atoms with Crippen molar-refractivity contribution in [3.05, 3.63) is 49.8 Å². The summed E-state index contributed by atoms with van der Waals surface area (Å²) >= 11 is 2.78. The SMILES string of the molecule is CCN(C(=O)CN)C1COC(OC2C(O[C@H]3C#C/C=C\C#C[C@]4(O)CC(=O)C(NC(=O)OC)=C3/C4=C\CSSC(C)(C)CCC(=O)NCCOCCOCCOCCO)OC(C)C(NOC3CC(O)C(SC(=O)c4c(C)c(I)c(OC5OC(C)C(O)C(OC)C5O)c(OC)c4OC)C(C)O3)C2O)CC1OC. The van der Waals surface area contributed by atoms with Crippen molar-refractivity contribution in [2.75, 3.05) is 114 Å². The lowest BCUT2D eigenvalue weighted by Gasteiger charge is -2.47. The van der Waals surface area contributed by atoms with Crippen molar-refractivity contribution in [1.82, 2.24) is 21.0 Å². The van der Waals surface area contributed by atoms with E-state index in [1.165, 1.54) is 62.2 Å². The molecule has 11 N–H and O–H groups in total. The van der Waals surface area contributed by atoms with E-state index in [1.54, 1.807) is 45.6 Å². The van der Waals surface area contributed by atoms with E-state index >= 15 is 0 Å². The number of thioether (sulfide) groups is 1. The number of benzene rings is 1. The molecule has 0 aromatic heterocycles. The van der Waals surface area contributed by atoms with E-state index in [-0.39, 0.29) is 116 Å². The Bertz CT molecular complexity index is 3340. The maximum atomic E-state index is 14.6. The number of hydrogen-bond acceptors (Lipinski definition) is 32. The number of aliphatic hydroxyl groups is 6. The second kappa shape index (κ2) is 42.8. The Kier molecular flexibility index (Phi) is 35.8. The maximum absolute atomic E-state index is 14.6. The second-order valence-electron chi connectivity index (χ2n) is 25.9. The fourth-order valence-corrected chi connectivity index (χ4v) is 16.8. The van der Waals surface area contributed by atoms with Gasteiger partial charge in [-0.15, -0.1) is 0 Å². The monoisotopic (exact) mass is 1670 g/mol. The first kappa shape index (κ1) is 88.7. The van der Waals surface area contributed by atoms with Gasteiger partial charge in [0.2, 0.25) is 29.0 Å². The lowest BCUT2D eigenvalue weighted by molar-refractivity contribution is -0.337. The van der Waals surface area contributed by atoms with E-state index in [0.29, 0.717) is 48.5 Å². The second-order valence-corrected chi connectivity index (χ2v) is 31.2. The number of allylic oxidation sites excluding steroid dienone is 3. The highest BCUT2D eigenvalue weighted by molar-refractivity contribution is 14.1. The van der Waals surface area contributed by atoms with Gasteiger partial charge in [-0.2, -0.15) is 5.48 Å². The van der Waals surface area contributed by atoms with Gasteiger partial charge in [-0.1, -0.05) is 63.1 Å². The van der Waals surface area contributed by atoms with Gasteiger partial charge < -0.3 is 118 Å². The number of fused-ring (bicyclic) bond motifs is 2. The van der Waals surface area contributed by atoms with E-state index in [9.17, 15) is 49.5 Å². The van der Waals surface area contributed by atoms with E-state index in [0.717, 1.165) is 18.9 Å². The molecular formula is C70H102IN5O27S3. The molecule has 594 valence electrons. The van der Waals surface area contributed by atoms with Crippen LogP contribution in [0.4, 0.5) is 4.79 Å². The lowest BCUT2D eigenvalue weighted by atomic mass is 9.75. The average molecular weight is 1670 g/mol. The minimum atomic E-state index is -2.20. The third kappa shape index (κ3) is 23.3. The summed E-state index contributed by atoms with van der Waals surface area (Å²) < 4.78 is 88.9. The van der Waals surface area contributed by atoms with E-state index in [4.69, 9.17) is 86.7 Å². The predicted octanol–water partition coefficient (Wildman–Crippen LogP) is 1.83. The summed E-state index contributed by atoms with van der Waals surface area (Å²) in [5.74, 6) is 10.5. The molecule has 7 rings (SSSR count). The summed E-state index contributed by atoms with van der Waals surface area (Å²) in [6.45, 7) is 14.4. The van der Waals surface area contributed by atoms with E-state index < -0.39 is 143 Å². The number of rotatable bonds is 37. The third-order valence-electron chi connectivity index (χ3n) is 18.2. The first-order chi connectivity index (χ1) is 50.6. The number of amides is 3. The van der Waals surface area contributed by atoms with Crippen LogP contribution >= 0.6 is 55.9 Å². The number of aliphatic hydroxyl groups excluding tert-OH is 5. The van der Waals surface area contributed by atoms with Gasteiger partial charge in [-0.25, -0.2) is 4.79 Å². The zero-order chi connectivity index (χ0) is 77.6. The first-order valence-corrected chi connectivity index (χ1v) is 39.0. The topological polar surface area (TPSA) is 420 Å². The molecule has 1 aromatic carbocycles. The zero-order valence-electron chi connectivity index (χ0n) is 61.5. The van der Waals surface area contributed by atoms with Crippen LogP contribution in [0.1, 0.15) is 89.6 Å². The molecule has 32 nitrogen and oxygen atoms in total. The van der Waals surface area contributed by atoms with Crippen molar-refractivity contribution >= 4 is 84.7 Å². The molecular weight excluding hydrogens is 1570 g/mol. The number of ketones is 1. The van der Waals surface area contributed by atoms with Crippen molar-refractivity contribution in [3.63, 3.8) is 0 Å². The highest BCUT2D eigenvalue weighted by atomic mass is 127. The van der Waals surface area contributed by atoms with Gasteiger partial charge in [0.25, 0.3) is 0 Å². The van der Waals surface area contributed by atoms with Gasteiger partial charge in [0.1, 0.15) is 36.6 Å². The molecule has 2 bridgehead atoms. The highest BCUT2D eigenvalue weighted by Crippen LogP contribution is 2.49. The molecule has 6 aliphatic rings. The molecule has 4 heterocycles. The molecule has 3 amide bonds. The van der Waals surface area contributed by atoms with Crippen LogP contribution in [0.25, 0.3) is 0 Å². The number of nitrogens with two attached hydrogens (primary N) is 1. The number of hydrogen-bond donors (Lipinski definition) is 10. The Hall–Kier alpha value is -4.51. The van der Waals surface area contributed by atoms with Gasteiger partial charge in [-0.05, 0) is 95.2 Å². The average Bonchev–Trinajstić information content (AvgIpc) is 0.757. The number of nitrogens with zero attached hydrogens (tertiary/aromatic N) is 1. The summed E-state index contributed by atoms with van der Waals surface area (Å²) in [7, 11) is 9.47. The Morgan fingerprint density at radius 2 is 1.53 bits per heavy atom. The number of hydroxylamine groups is 1. The van der Waals surface area contributed by atoms with Crippen LogP contribution in [0, 0.1) is 34.2 Å². The molecule has 19 atom stereocenters. The Labute approximate surface area is 643 Å². The quantitative estimate of drug-likeness (QED) is 0.0149. The van der Waals surface area contributed by atoms with Crippen molar-refractivity contribution in [1.29, 1.82) is 0 Å². The van der Waals surface area contributed by atoms with E-state index in [2.05, 4.69) is 39.8 Å². The van der Waals surface area contributed by atoms with Crippen molar-refractivity contribution in [2.24, 2.45) is 5.73 Å². The molecule has 2 aliphatic carbocycles. The number of nitrogens with one attached hydrogen (secondary N) is 3. The lowest BCUT2D eigenvalue weighted by Crippen LogP contribution is -2.65. The van der Waals surface area contributed by atoms with Gasteiger partial charge >= 0.3 is 6.09 Å². The number of methoxy groups -OCH3 is 5. The number of ether oxygens (including phenoxy) is 15. The van der Waals surface area contributed by atoms with E-state index in [1.807, 2.05) is 36.4 Å². The molecule has 106 heavy (non-hydrogen) atoms. The summed E-state index contributed by atoms with van der Waals surface area (Å²) in [4.78, 5) is 76.0. The standard InChI is InChI=1S/C70H102IN5O27S3/c1-13-76(48(81)35-72)42-36-96-49(33-46(42)88-8)101-62-57(83)54(75-103-50-32-43(78)64(40(5)97-50)105-65(85)51-37(2)53(71)60(63(91-11)59(51)89-9)102-66-58(84)61(90-10)56(82)39(4)99-66)38(3)98-67(62)100-45-18-16-14-15-17-21-70(87)34-44(79)55(74-68(86)92-12)52(45)41(70)20-31-104-106-69(6,7)22-19-47(80)73-23-25-93-27-29-95-30-28-94-26-24-77/h14-15,20,38-40,42-43,45-46,49-50,54,56-58,61-62,64,66-67,75,77-78,82-84,87H,13,19,22-36,72H2,1-12H3,(H,73,80)(H,74,86)/b15-14-,41-20+/t38?,39?,40?,42?,43?,45-,46?,49?,50?,54?,56?,57?,58?,61?,62?,64?,66?,67?,70-/m0/s1. The minimum Gasteiger partial charge on any atom is -0.492 e. The largest absolute Gasteiger partial charge is 0.492 e. The summed E-state index contributed by atoms with van der Waals surface area (Å²) in [5.41, 5.74) is 6.59. The van der Waals surface area contributed by atoms with Crippen molar-refractivity contribution in [2.45, 2.75) is 201 Å². The minimum absolute atomic E-state index is 0.00145. The normalized spacial score (nSPS) is 31.0. The summed E-state index contributed by atoms with van der Waals surface area (Å²) in [6, 6.07) is -1.80. The molecule has 4 fully saturated rings. The highest BCUT2D eigenvalue weighted by Gasteiger charge is 2.53. The van der Waals surface area contributed by atoms with Gasteiger partial charge in [0.05, 0.1) is 150 Å². The number of alkyl carbamates (subject to hydrolysis) is 1. The van der Waals surface area contributed by atoms with Crippen LogP contribution in [0.2, 0.25) is 0 Å². The van der Waals surface area contributed by atoms with Crippen LogP contribution < -0.4 is 36.1 Å². The number of likely N-dealkylation sites (N-methyl/N-ethyl adjacent to an activating group) is 1. The van der Waals surface area contributed by atoms with Crippen LogP contribution in [-0.2, 0) is 76.1 Å². The van der Waals surface area contributed by atoms with Gasteiger partial charge in [0.15, 0.2) is 41.8 Å². The predicted molar refractivity (Wildman–Crippen MR) is 395 cm³/mol. The molecule has 0 radical (unpaired) electrons. The number of carbonyl (C=O) groups is 5. The van der Waals surface area contributed by atoms with Crippen molar-refractivity contribution < 1.29 is 131 Å². The number of halogens is 1.